The van der Waals surface area contributed by atoms with Crippen molar-refractivity contribution in [1.29, 1.82) is 0 Å². The van der Waals surface area contributed by atoms with Gasteiger partial charge in [-0.25, -0.2) is 8.42 Å². The number of sulfonamides is 1. The second-order valence-corrected chi connectivity index (χ2v) is 9.47. The number of thiocarbonyl (C=S) groups is 1. The van der Waals surface area contributed by atoms with Gasteiger partial charge in [0, 0.05) is 41.4 Å². The van der Waals surface area contributed by atoms with Gasteiger partial charge in [-0.1, -0.05) is 39.7 Å². The fourth-order valence-corrected chi connectivity index (χ4v) is 5.19. The van der Waals surface area contributed by atoms with Gasteiger partial charge in [-0.2, -0.15) is 4.31 Å². The van der Waals surface area contributed by atoms with Crippen molar-refractivity contribution >= 4 is 60.6 Å². The molecule has 2 aromatic carbocycles. The van der Waals surface area contributed by atoms with E-state index in [0.717, 1.165) is 10.2 Å². The lowest BCUT2D eigenvalue weighted by atomic mass is 10.3. The number of rotatable bonds is 3. The van der Waals surface area contributed by atoms with E-state index >= 15 is 0 Å². The van der Waals surface area contributed by atoms with Gasteiger partial charge in [0.15, 0.2) is 5.11 Å². The van der Waals surface area contributed by atoms with E-state index in [2.05, 4.69) is 21.2 Å². The monoisotopic (exact) mass is 473 g/mol. The van der Waals surface area contributed by atoms with E-state index in [4.69, 9.17) is 23.8 Å². The summed E-state index contributed by atoms with van der Waals surface area (Å²) in [5.41, 5.74) is 0.812. The highest BCUT2D eigenvalue weighted by Gasteiger charge is 2.29. The average molecular weight is 475 g/mol. The topological polar surface area (TPSA) is 52.7 Å². The Balaban J connectivity index is 1.62. The number of anilines is 1. The smallest absolute Gasteiger partial charge is 0.243 e. The van der Waals surface area contributed by atoms with Crippen LogP contribution < -0.4 is 5.32 Å². The maximum atomic E-state index is 12.8. The Morgan fingerprint density at radius 3 is 2.42 bits per heavy atom. The third-order valence-corrected chi connectivity index (χ3v) is 7.02. The molecule has 2 aromatic rings. The second kappa shape index (κ2) is 8.22. The molecule has 0 saturated carbocycles. The fraction of sp³-hybridized carbons (Fsp3) is 0.235. The minimum absolute atomic E-state index is 0.292. The summed E-state index contributed by atoms with van der Waals surface area (Å²) in [6.45, 7) is 1.82. The summed E-state index contributed by atoms with van der Waals surface area (Å²) in [7, 11) is -3.50. The van der Waals surface area contributed by atoms with Crippen molar-refractivity contribution in [2.75, 3.05) is 31.5 Å². The summed E-state index contributed by atoms with van der Waals surface area (Å²) >= 11 is 14.7. The minimum atomic E-state index is -3.50. The molecule has 0 bridgehead atoms. The molecule has 0 unspecified atom stereocenters. The van der Waals surface area contributed by atoms with E-state index in [1.54, 1.807) is 36.4 Å². The molecule has 1 fully saturated rings. The highest BCUT2D eigenvalue weighted by molar-refractivity contribution is 9.10. The van der Waals surface area contributed by atoms with Crippen LogP contribution in [0.5, 0.6) is 0 Å². The molecule has 1 aliphatic rings. The summed E-state index contributed by atoms with van der Waals surface area (Å²) in [5, 5.41) is 4.33. The first-order valence-corrected chi connectivity index (χ1v) is 11.0. The number of piperazine rings is 1. The summed E-state index contributed by atoms with van der Waals surface area (Å²) < 4.78 is 27.8. The molecule has 1 N–H and O–H groups in total. The molecule has 0 spiro atoms. The maximum Gasteiger partial charge on any atom is 0.243 e. The molecule has 0 aromatic heterocycles. The van der Waals surface area contributed by atoms with Crippen LogP contribution in [0.15, 0.2) is 57.9 Å². The van der Waals surface area contributed by atoms with Crippen LogP contribution in [-0.4, -0.2) is 48.9 Å². The van der Waals surface area contributed by atoms with Gasteiger partial charge in [-0.15, -0.1) is 0 Å². The van der Waals surface area contributed by atoms with Gasteiger partial charge in [-0.3, -0.25) is 0 Å². The first-order chi connectivity index (χ1) is 12.4. The molecule has 5 nitrogen and oxygen atoms in total. The predicted molar refractivity (Wildman–Crippen MR) is 112 cm³/mol. The summed E-state index contributed by atoms with van der Waals surface area (Å²) in [6, 6.07) is 14.1. The summed E-state index contributed by atoms with van der Waals surface area (Å²) in [6.07, 6.45) is 0. The van der Waals surface area contributed by atoms with Gasteiger partial charge in [0.05, 0.1) is 4.90 Å². The molecular formula is C17H17BrClN3O2S2. The average Bonchev–Trinajstić information content (AvgIpc) is 2.62. The Kier molecular flexibility index (Phi) is 6.19. The normalized spacial score (nSPS) is 15.7. The lowest BCUT2D eigenvalue weighted by Gasteiger charge is -2.35. The third kappa shape index (κ3) is 4.55. The Bertz CT molecular complexity index is 916. The molecule has 0 amide bonds. The number of hydrogen-bond donors (Lipinski definition) is 1. The minimum Gasteiger partial charge on any atom is -0.346 e. The van der Waals surface area contributed by atoms with Crippen molar-refractivity contribution in [3.63, 3.8) is 0 Å². The Hall–Kier alpha value is -1.19. The van der Waals surface area contributed by atoms with Crippen LogP contribution in [0.25, 0.3) is 0 Å². The van der Waals surface area contributed by atoms with Gasteiger partial charge in [-0.05, 0) is 48.6 Å². The number of halogens is 2. The zero-order valence-electron chi connectivity index (χ0n) is 13.7. The van der Waals surface area contributed by atoms with E-state index in [1.165, 1.54) is 4.31 Å². The predicted octanol–water partition coefficient (Wildman–Crippen LogP) is 3.81. The molecule has 0 aliphatic carbocycles. The van der Waals surface area contributed by atoms with Crippen molar-refractivity contribution in [1.82, 2.24) is 9.21 Å². The number of nitrogens with one attached hydrogen (secondary N) is 1. The molecule has 26 heavy (non-hydrogen) atoms. The van der Waals surface area contributed by atoms with Gasteiger partial charge in [0.25, 0.3) is 0 Å². The molecule has 1 aliphatic heterocycles. The van der Waals surface area contributed by atoms with Crippen molar-refractivity contribution in [3.8, 4) is 0 Å². The lowest BCUT2D eigenvalue weighted by molar-refractivity contribution is 0.268. The van der Waals surface area contributed by atoms with Crippen LogP contribution >= 0.6 is 39.7 Å². The van der Waals surface area contributed by atoms with Crippen LogP contribution in [0.4, 0.5) is 5.69 Å². The van der Waals surface area contributed by atoms with E-state index in [0.29, 0.717) is 41.2 Å². The Morgan fingerprint density at radius 2 is 1.77 bits per heavy atom. The van der Waals surface area contributed by atoms with E-state index in [9.17, 15) is 8.42 Å². The number of benzene rings is 2. The summed E-state index contributed by atoms with van der Waals surface area (Å²) in [5.74, 6) is 0. The standard InChI is InChI=1S/C17H17BrClN3O2S2/c18-13-3-1-6-16(11-13)26(23,24)22-9-7-21(8-10-22)17(25)20-15-5-2-4-14(19)12-15/h1-6,11-12H,7-10H2,(H,20,25). The first-order valence-electron chi connectivity index (χ1n) is 7.93. The van der Waals surface area contributed by atoms with Gasteiger partial charge < -0.3 is 10.2 Å². The van der Waals surface area contributed by atoms with Crippen LogP contribution in [0.1, 0.15) is 0 Å². The molecule has 3 rings (SSSR count). The van der Waals surface area contributed by atoms with E-state index in [-0.39, 0.29) is 0 Å². The van der Waals surface area contributed by atoms with Gasteiger partial charge >= 0.3 is 0 Å². The molecule has 9 heteroatoms. The lowest BCUT2D eigenvalue weighted by Crippen LogP contribution is -2.51. The highest BCUT2D eigenvalue weighted by atomic mass is 79.9. The second-order valence-electron chi connectivity index (χ2n) is 5.79. The molecular weight excluding hydrogens is 458 g/mol. The zero-order valence-corrected chi connectivity index (χ0v) is 17.7. The van der Waals surface area contributed by atoms with Crippen molar-refractivity contribution in [3.05, 3.63) is 58.0 Å². The van der Waals surface area contributed by atoms with Crippen molar-refractivity contribution < 1.29 is 8.42 Å². The quantitative estimate of drug-likeness (QED) is 0.686. The maximum absolute atomic E-state index is 12.8. The zero-order chi connectivity index (χ0) is 18.7. The Labute approximate surface area is 172 Å². The summed E-state index contributed by atoms with van der Waals surface area (Å²) in [4.78, 5) is 2.25. The van der Waals surface area contributed by atoms with Crippen molar-refractivity contribution in [2.45, 2.75) is 4.90 Å². The Morgan fingerprint density at radius 1 is 1.08 bits per heavy atom. The van der Waals surface area contributed by atoms with Gasteiger partial charge in [0.2, 0.25) is 10.0 Å². The van der Waals surface area contributed by atoms with E-state index in [1.807, 2.05) is 17.0 Å². The highest BCUT2D eigenvalue weighted by Crippen LogP contribution is 2.22. The van der Waals surface area contributed by atoms with Crippen LogP contribution in [-0.2, 0) is 10.0 Å². The fourth-order valence-electron chi connectivity index (χ4n) is 2.68. The van der Waals surface area contributed by atoms with Crippen molar-refractivity contribution in [2.24, 2.45) is 0 Å². The molecule has 0 radical (unpaired) electrons. The molecule has 1 heterocycles. The molecule has 0 atom stereocenters. The number of hydrogen-bond acceptors (Lipinski definition) is 3. The van der Waals surface area contributed by atoms with Crippen LogP contribution in [0.2, 0.25) is 5.02 Å². The van der Waals surface area contributed by atoms with Crippen LogP contribution in [0.3, 0.4) is 0 Å². The molecule has 1 saturated heterocycles. The van der Waals surface area contributed by atoms with Gasteiger partial charge in [0.1, 0.15) is 0 Å². The van der Waals surface area contributed by atoms with Crippen LogP contribution in [0, 0.1) is 0 Å². The third-order valence-electron chi connectivity index (χ3n) is 4.04. The first kappa shape index (κ1) is 19.6. The SMILES string of the molecule is O=S(=O)(c1cccc(Br)c1)N1CCN(C(=S)Nc2cccc(Cl)c2)CC1. The largest absolute Gasteiger partial charge is 0.346 e. The number of nitrogens with zero attached hydrogens (tertiary/aromatic N) is 2. The molecule has 138 valence electrons. The van der Waals surface area contributed by atoms with E-state index < -0.39 is 10.0 Å².